The number of benzene rings is 3. The molecule has 0 fully saturated rings. The molecule has 4 rings (SSSR count). The molecule has 0 spiro atoms. The molecule has 31 heavy (non-hydrogen) atoms. The molecule has 0 saturated heterocycles. The molecule has 1 N–H and O–H groups in total. The van der Waals surface area contributed by atoms with Gasteiger partial charge in [-0.1, -0.05) is 66.2 Å². The lowest BCUT2D eigenvalue weighted by Gasteiger charge is -2.13. The number of hydrogen-bond donors (Lipinski definition) is 1. The minimum absolute atomic E-state index is 0.107. The lowest BCUT2D eigenvalue weighted by atomic mass is 9.98. The monoisotopic (exact) mass is 475 g/mol. The Bertz CT molecular complexity index is 1180. The Balaban J connectivity index is 1.57. The number of rotatable bonds is 7. The van der Waals surface area contributed by atoms with Crippen molar-refractivity contribution in [1.29, 1.82) is 0 Å². The molecule has 0 bridgehead atoms. The number of amides is 1. The summed E-state index contributed by atoms with van der Waals surface area (Å²) in [5.41, 5.74) is 5.22. The fraction of sp³-hybridized carbons (Fsp3) is 0.231. The number of nitrogens with one attached hydrogen (secondary N) is 1. The highest BCUT2D eigenvalue weighted by Gasteiger charge is 2.13. The minimum Gasteiger partial charge on any atom is -0.345 e. The van der Waals surface area contributed by atoms with Gasteiger partial charge >= 0.3 is 0 Å². The molecule has 4 aromatic rings. The number of imidazole rings is 1. The minimum atomic E-state index is -0.107. The third-order valence-electron chi connectivity index (χ3n) is 5.75. The van der Waals surface area contributed by atoms with Gasteiger partial charge in [-0.2, -0.15) is 0 Å². The predicted molar refractivity (Wildman–Crippen MR) is 129 cm³/mol. The average Bonchev–Trinajstić information content (AvgIpc) is 3.15. The molecule has 3 aromatic carbocycles. The van der Waals surface area contributed by atoms with Gasteiger partial charge in [-0.3, -0.25) is 4.79 Å². The van der Waals surface area contributed by atoms with E-state index < -0.39 is 0 Å². The van der Waals surface area contributed by atoms with Crippen molar-refractivity contribution in [3.8, 4) is 0 Å². The van der Waals surface area contributed by atoms with Crippen LogP contribution in [0.25, 0.3) is 11.0 Å². The third kappa shape index (κ3) is 4.88. The van der Waals surface area contributed by atoms with E-state index in [0.29, 0.717) is 24.6 Å². The first-order valence-electron chi connectivity index (χ1n) is 10.6. The number of carbonyl (C=O) groups excluding carboxylic acids is 1. The van der Waals surface area contributed by atoms with Crippen LogP contribution in [0, 0.1) is 0 Å². The van der Waals surface area contributed by atoms with Crippen LogP contribution in [0.4, 0.5) is 0 Å². The highest BCUT2D eigenvalue weighted by Crippen LogP contribution is 2.22. The molecule has 0 aliphatic carbocycles. The van der Waals surface area contributed by atoms with Gasteiger partial charge < -0.3 is 9.88 Å². The van der Waals surface area contributed by atoms with E-state index in [1.165, 1.54) is 11.1 Å². The number of nitrogens with zero attached hydrogens (tertiary/aromatic N) is 2. The van der Waals surface area contributed by atoms with Crippen LogP contribution in [-0.2, 0) is 13.1 Å². The normalized spacial score (nSPS) is 12.1. The van der Waals surface area contributed by atoms with Crippen LogP contribution >= 0.6 is 15.9 Å². The summed E-state index contributed by atoms with van der Waals surface area (Å²) >= 11 is 3.40. The zero-order chi connectivity index (χ0) is 21.8. The van der Waals surface area contributed by atoms with Crippen LogP contribution in [0.2, 0.25) is 0 Å². The molecular weight excluding hydrogens is 450 g/mol. The average molecular weight is 476 g/mol. The lowest BCUT2D eigenvalue weighted by molar-refractivity contribution is 0.0949. The highest BCUT2D eigenvalue weighted by molar-refractivity contribution is 9.10. The van der Waals surface area contributed by atoms with Crippen molar-refractivity contribution >= 4 is 32.9 Å². The zero-order valence-electron chi connectivity index (χ0n) is 17.8. The molecular formula is C26H26BrN3O. The highest BCUT2D eigenvalue weighted by atomic mass is 79.9. The summed E-state index contributed by atoms with van der Waals surface area (Å²) in [4.78, 5) is 17.4. The quantitative estimate of drug-likeness (QED) is 0.341. The van der Waals surface area contributed by atoms with Crippen molar-refractivity contribution in [2.45, 2.75) is 39.3 Å². The Kier molecular flexibility index (Phi) is 6.52. The van der Waals surface area contributed by atoms with Gasteiger partial charge in [0.15, 0.2) is 0 Å². The standard InChI is InChI=1S/C26H26BrN3O/c1-3-18(2)20-10-8-19(9-11-20)17-30-24-7-5-4-6-23(24)29-25(30)16-28-26(31)21-12-14-22(27)15-13-21/h4-15,18H,3,16-17H2,1-2H3,(H,28,31). The van der Waals surface area contributed by atoms with Gasteiger partial charge in [0.25, 0.3) is 5.91 Å². The van der Waals surface area contributed by atoms with Crippen LogP contribution in [0.5, 0.6) is 0 Å². The van der Waals surface area contributed by atoms with Gasteiger partial charge in [-0.15, -0.1) is 0 Å². The summed E-state index contributed by atoms with van der Waals surface area (Å²) in [5.74, 6) is 1.30. The number of aromatic nitrogens is 2. The van der Waals surface area contributed by atoms with Crippen molar-refractivity contribution in [2.75, 3.05) is 0 Å². The van der Waals surface area contributed by atoms with Crippen LogP contribution in [0.15, 0.2) is 77.3 Å². The summed E-state index contributed by atoms with van der Waals surface area (Å²) in [6.45, 7) is 5.55. The SMILES string of the molecule is CCC(C)c1ccc(Cn2c(CNC(=O)c3ccc(Br)cc3)nc3ccccc32)cc1. The molecule has 0 radical (unpaired) electrons. The number of para-hydroxylation sites is 2. The van der Waals surface area contributed by atoms with Crippen molar-refractivity contribution < 1.29 is 4.79 Å². The van der Waals surface area contributed by atoms with E-state index in [-0.39, 0.29) is 5.91 Å². The lowest BCUT2D eigenvalue weighted by Crippen LogP contribution is -2.24. The van der Waals surface area contributed by atoms with Crippen molar-refractivity contribution in [3.63, 3.8) is 0 Å². The Morgan fingerprint density at radius 1 is 1.03 bits per heavy atom. The van der Waals surface area contributed by atoms with Gasteiger partial charge in [-0.25, -0.2) is 4.98 Å². The smallest absolute Gasteiger partial charge is 0.251 e. The Hall–Kier alpha value is -2.92. The van der Waals surface area contributed by atoms with E-state index in [4.69, 9.17) is 4.98 Å². The van der Waals surface area contributed by atoms with Crippen molar-refractivity contribution in [3.05, 3.63) is 99.8 Å². The third-order valence-corrected chi connectivity index (χ3v) is 6.28. The fourth-order valence-electron chi connectivity index (χ4n) is 3.67. The van der Waals surface area contributed by atoms with Crippen LogP contribution in [0.1, 0.15) is 53.5 Å². The summed E-state index contributed by atoms with van der Waals surface area (Å²) in [6.07, 6.45) is 1.13. The topological polar surface area (TPSA) is 46.9 Å². The first kappa shape index (κ1) is 21.3. The molecule has 1 heterocycles. The zero-order valence-corrected chi connectivity index (χ0v) is 19.4. The molecule has 4 nitrogen and oxygen atoms in total. The summed E-state index contributed by atoms with van der Waals surface area (Å²) in [7, 11) is 0. The second-order valence-electron chi connectivity index (χ2n) is 7.84. The molecule has 1 atom stereocenters. The van der Waals surface area contributed by atoms with Crippen LogP contribution < -0.4 is 5.32 Å². The number of hydrogen-bond acceptors (Lipinski definition) is 2. The van der Waals surface area contributed by atoms with Gasteiger partial charge in [0, 0.05) is 16.6 Å². The van der Waals surface area contributed by atoms with Crippen LogP contribution in [-0.4, -0.2) is 15.5 Å². The van der Waals surface area contributed by atoms with Crippen molar-refractivity contribution in [1.82, 2.24) is 14.9 Å². The maximum Gasteiger partial charge on any atom is 0.251 e. The molecule has 1 amide bonds. The molecule has 0 aliphatic rings. The van der Waals surface area contributed by atoms with Crippen molar-refractivity contribution in [2.24, 2.45) is 0 Å². The molecule has 0 saturated carbocycles. The molecule has 1 aromatic heterocycles. The number of carbonyl (C=O) groups is 1. The summed E-state index contributed by atoms with van der Waals surface area (Å²) < 4.78 is 3.14. The largest absolute Gasteiger partial charge is 0.345 e. The van der Waals surface area contributed by atoms with Gasteiger partial charge in [0.1, 0.15) is 5.82 Å². The van der Waals surface area contributed by atoms with E-state index in [9.17, 15) is 4.79 Å². The molecule has 5 heteroatoms. The van der Waals surface area contributed by atoms with Crippen LogP contribution in [0.3, 0.4) is 0 Å². The molecule has 158 valence electrons. The Labute approximate surface area is 191 Å². The van der Waals surface area contributed by atoms with E-state index in [1.54, 1.807) is 12.1 Å². The maximum atomic E-state index is 12.6. The van der Waals surface area contributed by atoms with E-state index in [1.807, 2.05) is 30.3 Å². The number of halogens is 1. The maximum absolute atomic E-state index is 12.6. The van der Waals surface area contributed by atoms with Gasteiger partial charge in [0.05, 0.1) is 17.6 Å². The van der Waals surface area contributed by atoms with Gasteiger partial charge in [0.2, 0.25) is 0 Å². The van der Waals surface area contributed by atoms with E-state index in [0.717, 1.165) is 27.8 Å². The summed E-state index contributed by atoms with van der Waals surface area (Å²) in [6, 6.07) is 24.3. The molecule has 1 unspecified atom stereocenters. The number of fused-ring (bicyclic) bond motifs is 1. The fourth-order valence-corrected chi connectivity index (χ4v) is 3.93. The Morgan fingerprint density at radius 2 is 1.74 bits per heavy atom. The second-order valence-corrected chi connectivity index (χ2v) is 8.76. The van der Waals surface area contributed by atoms with E-state index >= 15 is 0 Å². The second kappa shape index (κ2) is 9.48. The molecule has 0 aliphatic heterocycles. The van der Waals surface area contributed by atoms with Gasteiger partial charge in [-0.05, 0) is 59.9 Å². The van der Waals surface area contributed by atoms with E-state index in [2.05, 4.69) is 70.0 Å². The predicted octanol–water partition coefficient (Wildman–Crippen LogP) is 6.29. The first-order valence-corrected chi connectivity index (χ1v) is 11.4. The summed E-state index contributed by atoms with van der Waals surface area (Å²) in [5, 5.41) is 3.02. The first-order chi connectivity index (χ1) is 15.0. The Morgan fingerprint density at radius 3 is 2.45 bits per heavy atom.